The van der Waals surface area contributed by atoms with E-state index in [0.717, 1.165) is 22.6 Å². The summed E-state index contributed by atoms with van der Waals surface area (Å²) in [6.07, 6.45) is 2.66. The number of nitrogens with one attached hydrogen (secondary N) is 3. The van der Waals surface area contributed by atoms with Crippen molar-refractivity contribution in [1.29, 1.82) is 0 Å². The Hall–Kier alpha value is -1.71. The molecular weight excluding hydrogens is 202 g/mol. The van der Waals surface area contributed by atoms with Gasteiger partial charge in [0.2, 0.25) is 0 Å². The van der Waals surface area contributed by atoms with E-state index in [4.69, 9.17) is 0 Å². The summed E-state index contributed by atoms with van der Waals surface area (Å²) in [5.74, 6) is 0.820. The molecule has 1 saturated carbocycles. The highest BCUT2D eigenvalue weighted by Crippen LogP contribution is 2.34. The number of rotatable bonds is 3. The number of hydrogen-bond donors (Lipinski definition) is 3. The van der Waals surface area contributed by atoms with Gasteiger partial charge in [0.15, 0.2) is 0 Å². The highest BCUT2D eigenvalue weighted by atomic mass is 16.1. The molecule has 1 unspecified atom stereocenters. The molecule has 1 atom stereocenters. The van der Waals surface area contributed by atoms with Crippen LogP contribution in [0, 0.1) is 5.92 Å². The van der Waals surface area contributed by atoms with E-state index in [1.807, 2.05) is 18.2 Å². The first-order valence-electron chi connectivity index (χ1n) is 5.71. The molecule has 1 aromatic heterocycles. The van der Waals surface area contributed by atoms with Gasteiger partial charge in [-0.1, -0.05) is 0 Å². The Morgan fingerprint density at radius 2 is 2.06 bits per heavy atom. The molecule has 0 radical (unpaired) electrons. The smallest absolute Gasteiger partial charge is 0.323 e. The first-order valence-corrected chi connectivity index (χ1v) is 5.71. The molecule has 4 heteroatoms. The van der Waals surface area contributed by atoms with Crippen molar-refractivity contribution in [2.45, 2.75) is 25.8 Å². The van der Waals surface area contributed by atoms with Gasteiger partial charge in [-0.2, -0.15) is 0 Å². The third kappa shape index (κ3) is 1.71. The molecule has 0 amide bonds. The van der Waals surface area contributed by atoms with Crippen LogP contribution < -0.4 is 11.0 Å². The van der Waals surface area contributed by atoms with E-state index in [-0.39, 0.29) is 5.69 Å². The summed E-state index contributed by atoms with van der Waals surface area (Å²) in [5, 5.41) is 3.47. The van der Waals surface area contributed by atoms with Gasteiger partial charge < -0.3 is 15.3 Å². The van der Waals surface area contributed by atoms with Gasteiger partial charge in [-0.25, -0.2) is 4.79 Å². The average molecular weight is 217 g/mol. The zero-order chi connectivity index (χ0) is 11.1. The fraction of sp³-hybridized carbons (Fsp3) is 0.417. The first kappa shape index (κ1) is 9.51. The van der Waals surface area contributed by atoms with E-state index in [1.165, 1.54) is 12.8 Å². The minimum atomic E-state index is -0.151. The van der Waals surface area contributed by atoms with Crippen molar-refractivity contribution in [3.63, 3.8) is 0 Å². The minimum Gasteiger partial charge on any atom is -0.382 e. The van der Waals surface area contributed by atoms with Crippen LogP contribution in [0.4, 0.5) is 5.69 Å². The van der Waals surface area contributed by atoms with E-state index in [2.05, 4.69) is 22.2 Å². The van der Waals surface area contributed by atoms with Gasteiger partial charge in [0, 0.05) is 11.7 Å². The van der Waals surface area contributed by atoms with Crippen LogP contribution in [0.5, 0.6) is 0 Å². The number of anilines is 1. The van der Waals surface area contributed by atoms with Crippen molar-refractivity contribution in [1.82, 2.24) is 9.97 Å². The average Bonchev–Trinajstić information content (AvgIpc) is 3.01. The van der Waals surface area contributed by atoms with Gasteiger partial charge in [-0.3, -0.25) is 0 Å². The predicted molar refractivity (Wildman–Crippen MR) is 64.7 cm³/mol. The topological polar surface area (TPSA) is 60.7 Å². The Kier molecular flexibility index (Phi) is 2.02. The summed E-state index contributed by atoms with van der Waals surface area (Å²) in [6, 6.07) is 6.43. The number of aromatic nitrogens is 2. The van der Waals surface area contributed by atoms with Crippen molar-refractivity contribution in [3.8, 4) is 0 Å². The van der Waals surface area contributed by atoms with Gasteiger partial charge in [0.1, 0.15) is 0 Å². The minimum absolute atomic E-state index is 0.151. The van der Waals surface area contributed by atoms with Crippen LogP contribution in [-0.4, -0.2) is 16.0 Å². The normalized spacial score (nSPS) is 17.6. The third-order valence-corrected chi connectivity index (χ3v) is 3.24. The molecule has 1 fully saturated rings. The highest BCUT2D eigenvalue weighted by Gasteiger charge is 2.27. The van der Waals surface area contributed by atoms with Crippen LogP contribution in [0.15, 0.2) is 23.0 Å². The Labute approximate surface area is 93.1 Å². The molecule has 0 spiro atoms. The second-order valence-electron chi connectivity index (χ2n) is 4.61. The van der Waals surface area contributed by atoms with Crippen molar-refractivity contribution in [2.75, 3.05) is 5.32 Å². The molecule has 16 heavy (non-hydrogen) atoms. The molecule has 84 valence electrons. The second-order valence-corrected chi connectivity index (χ2v) is 4.61. The largest absolute Gasteiger partial charge is 0.382 e. The number of imidazole rings is 1. The summed E-state index contributed by atoms with van der Waals surface area (Å²) >= 11 is 0. The Morgan fingerprint density at radius 1 is 1.31 bits per heavy atom. The highest BCUT2D eigenvalue weighted by molar-refractivity contribution is 5.78. The lowest BCUT2D eigenvalue weighted by atomic mass is 10.2. The molecule has 2 aromatic rings. The van der Waals surface area contributed by atoms with E-state index in [9.17, 15) is 4.79 Å². The molecule has 4 nitrogen and oxygen atoms in total. The van der Waals surface area contributed by atoms with Crippen LogP contribution in [0.3, 0.4) is 0 Å². The van der Waals surface area contributed by atoms with Crippen molar-refractivity contribution < 1.29 is 0 Å². The maximum absolute atomic E-state index is 11.1. The molecule has 1 aliphatic carbocycles. The summed E-state index contributed by atoms with van der Waals surface area (Å²) < 4.78 is 0. The van der Waals surface area contributed by atoms with Gasteiger partial charge in [0.05, 0.1) is 11.0 Å². The van der Waals surface area contributed by atoms with Crippen molar-refractivity contribution in [3.05, 3.63) is 28.7 Å². The van der Waals surface area contributed by atoms with Crippen molar-refractivity contribution in [2.24, 2.45) is 5.92 Å². The van der Waals surface area contributed by atoms with E-state index in [1.54, 1.807) is 0 Å². The van der Waals surface area contributed by atoms with Gasteiger partial charge in [-0.15, -0.1) is 0 Å². The Bertz CT molecular complexity index is 565. The first-order chi connectivity index (χ1) is 7.72. The van der Waals surface area contributed by atoms with Crippen LogP contribution in [0.25, 0.3) is 11.0 Å². The number of benzene rings is 1. The fourth-order valence-corrected chi connectivity index (χ4v) is 2.10. The molecule has 3 rings (SSSR count). The molecule has 0 saturated heterocycles. The van der Waals surface area contributed by atoms with Gasteiger partial charge in [0.25, 0.3) is 0 Å². The molecular formula is C12H15N3O. The molecule has 3 N–H and O–H groups in total. The fourth-order valence-electron chi connectivity index (χ4n) is 2.10. The monoisotopic (exact) mass is 217 g/mol. The number of fused-ring (bicyclic) bond motifs is 1. The SMILES string of the molecule is CC(Nc1ccc2[nH]c(=O)[nH]c2c1)C1CC1. The number of H-pyrrole nitrogens is 2. The molecule has 0 bridgehead atoms. The maximum atomic E-state index is 11.1. The summed E-state index contributed by atoms with van der Waals surface area (Å²) in [7, 11) is 0. The van der Waals surface area contributed by atoms with E-state index in [0.29, 0.717) is 6.04 Å². The molecule has 1 aromatic carbocycles. The summed E-state index contributed by atoms with van der Waals surface area (Å²) in [6.45, 7) is 2.21. The number of aromatic amines is 2. The Balaban J connectivity index is 1.88. The zero-order valence-corrected chi connectivity index (χ0v) is 9.21. The van der Waals surface area contributed by atoms with Gasteiger partial charge >= 0.3 is 5.69 Å². The van der Waals surface area contributed by atoms with Crippen molar-refractivity contribution >= 4 is 16.7 Å². The quantitative estimate of drug-likeness (QED) is 0.737. The van der Waals surface area contributed by atoms with E-state index < -0.39 is 0 Å². The standard InChI is InChI=1S/C12H15N3O/c1-7(8-2-3-8)13-9-4-5-10-11(6-9)15-12(16)14-10/h4-8,13H,2-3H2,1H3,(H2,14,15,16). The second kappa shape index (κ2) is 3.40. The Morgan fingerprint density at radius 3 is 2.81 bits per heavy atom. The lowest BCUT2D eigenvalue weighted by Gasteiger charge is -2.13. The van der Waals surface area contributed by atoms with Crippen LogP contribution >= 0.6 is 0 Å². The van der Waals surface area contributed by atoms with Crippen LogP contribution in [0.2, 0.25) is 0 Å². The lowest BCUT2D eigenvalue weighted by molar-refractivity contribution is 0.694. The molecule has 1 aliphatic rings. The number of hydrogen-bond acceptors (Lipinski definition) is 2. The third-order valence-electron chi connectivity index (χ3n) is 3.24. The van der Waals surface area contributed by atoms with Crippen LogP contribution in [-0.2, 0) is 0 Å². The van der Waals surface area contributed by atoms with Gasteiger partial charge in [-0.05, 0) is 43.9 Å². The maximum Gasteiger partial charge on any atom is 0.323 e. The summed E-state index contributed by atoms with van der Waals surface area (Å²) in [4.78, 5) is 16.6. The van der Waals surface area contributed by atoms with E-state index >= 15 is 0 Å². The predicted octanol–water partition coefficient (Wildman–Crippen LogP) is 2.07. The summed E-state index contributed by atoms with van der Waals surface area (Å²) in [5.41, 5.74) is 2.64. The molecule has 1 heterocycles. The zero-order valence-electron chi connectivity index (χ0n) is 9.21. The van der Waals surface area contributed by atoms with Crippen LogP contribution in [0.1, 0.15) is 19.8 Å². The molecule has 0 aliphatic heterocycles. The lowest BCUT2D eigenvalue weighted by Crippen LogP contribution is -2.16.